The Labute approximate surface area is 184 Å². The van der Waals surface area contributed by atoms with Gasteiger partial charge in [-0.15, -0.1) is 11.3 Å². The zero-order chi connectivity index (χ0) is 20.1. The Morgan fingerprint density at radius 3 is 2.79 bits per heavy atom. The molecule has 3 heterocycles. The highest BCUT2D eigenvalue weighted by molar-refractivity contribution is 8.00. The molecule has 1 aliphatic rings. The van der Waals surface area contributed by atoms with Crippen LogP contribution in [0.25, 0.3) is 0 Å². The van der Waals surface area contributed by atoms with Gasteiger partial charge in [-0.3, -0.25) is 9.88 Å². The van der Waals surface area contributed by atoms with Gasteiger partial charge in [0.25, 0.3) is 0 Å². The van der Waals surface area contributed by atoms with Crippen LogP contribution in [0.2, 0.25) is 5.02 Å². The molecular weight excluding hydrogens is 424 g/mol. The molecule has 1 N–H and O–H groups in total. The topological polar surface area (TPSA) is 50.3 Å². The smallest absolute Gasteiger partial charge is 0.192 e. The molecule has 3 aromatic rings. The number of thiazole rings is 1. The minimum absolute atomic E-state index is 0.196. The number of ether oxygens (including phenoxy) is 1. The fourth-order valence-electron chi connectivity index (χ4n) is 3.30. The molecule has 0 atom stereocenters. The number of likely N-dealkylation sites (tertiary alicyclic amines) is 1. The zero-order valence-corrected chi connectivity index (χ0v) is 18.6. The lowest BCUT2D eigenvalue weighted by Crippen LogP contribution is -2.38. The summed E-state index contributed by atoms with van der Waals surface area (Å²) in [6, 6.07) is 10.1. The summed E-state index contributed by atoms with van der Waals surface area (Å²) in [5, 5.41) is 3.46. The van der Waals surface area contributed by atoms with Crippen molar-refractivity contribution in [2.24, 2.45) is 0 Å². The second-order valence-corrected chi connectivity index (χ2v) is 9.23. The number of nitrogens with one attached hydrogen (secondary N) is 1. The number of rotatable bonds is 7. The van der Waals surface area contributed by atoms with E-state index in [4.69, 9.17) is 16.3 Å². The van der Waals surface area contributed by atoms with Gasteiger partial charge >= 0.3 is 0 Å². The number of halogens is 1. The number of hydrogen-bond donors (Lipinski definition) is 1. The molecule has 0 radical (unpaired) electrons. The van der Waals surface area contributed by atoms with E-state index in [-0.39, 0.29) is 6.10 Å². The van der Waals surface area contributed by atoms with E-state index in [1.807, 2.05) is 35.8 Å². The first-order valence-corrected chi connectivity index (χ1v) is 11.7. The van der Waals surface area contributed by atoms with E-state index in [1.165, 1.54) is 17.5 Å². The highest BCUT2D eigenvalue weighted by Crippen LogP contribution is 2.32. The fourth-order valence-corrected chi connectivity index (χ4v) is 4.85. The summed E-state index contributed by atoms with van der Waals surface area (Å²) >= 11 is 9.52. The van der Waals surface area contributed by atoms with E-state index < -0.39 is 0 Å². The molecule has 0 aliphatic carbocycles. The van der Waals surface area contributed by atoms with Crippen LogP contribution in [-0.4, -0.2) is 34.1 Å². The van der Waals surface area contributed by atoms with Gasteiger partial charge in [0.05, 0.1) is 10.7 Å². The highest BCUT2D eigenvalue weighted by Gasteiger charge is 2.21. The van der Waals surface area contributed by atoms with Crippen molar-refractivity contribution >= 4 is 40.0 Å². The van der Waals surface area contributed by atoms with E-state index in [9.17, 15) is 0 Å². The van der Waals surface area contributed by atoms with Crippen LogP contribution in [0.5, 0.6) is 5.75 Å². The van der Waals surface area contributed by atoms with E-state index >= 15 is 0 Å². The van der Waals surface area contributed by atoms with Crippen LogP contribution in [0.1, 0.15) is 24.1 Å². The second kappa shape index (κ2) is 9.80. The Kier molecular flexibility index (Phi) is 6.92. The molecular formula is C21H23ClN4OS2. The molecule has 152 valence electrons. The number of nitrogens with zero attached hydrogens (tertiary/aromatic N) is 3. The lowest BCUT2D eigenvalue weighted by molar-refractivity contribution is 0.0961. The fraction of sp³-hybridized carbons (Fsp3) is 0.333. The summed E-state index contributed by atoms with van der Waals surface area (Å²) in [7, 11) is 0. The van der Waals surface area contributed by atoms with Gasteiger partial charge in [-0.05, 0) is 67.6 Å². The maximum absolute atomic E-state index is 6.46. The number of aryl methyl sites for hydroxylation is 1. The Hall–Kier alpha value is -1.80. The van der Waals surface area contributed by atoms with Gasteiger partial charge in [0.2, 0.25) is 0 Å². The van der Waals surface area contributed by atoms with E-state index in [2.05, 4.69) is 32.6 Å². The monoisotopic (exact) mass is 446 g/mol. The third-order valence-corrected chi connectivity index (χ3v) is 6.68. The second-order valence-electron chi connectivity index (χ2n) is 7.05. The SMILES string of the molecule is Cc1ccnc(CN2CCC(Oc3ccc(SNc4nccs4)cc3Cl)CC2)c1. The molecule has 1 aliphatic heterocycles. The molecule has 29 heavy (non-hydrogen) atoms. The number of aromatic nitrogens is 2. The molecule has 1 aromatic carbocycles. The van der Waals surface area contributed by atoms with Crippen LogP contribution in [0.3, 0.4) is 0 Å². The van der Waals surface area contributed by atoms with Crippen molar-refractivity contribution in [2.75, 3.05) is 17.8 Å². The van der Waals surface area contributed by atoms with Crippen molar-refractivity contribution < 1.29 is 4.74 Å². The molecule has 1 fully saturated rings. The van der Waals surface area contributed by atoms with Crippen LogP contribution >= 0.6 is 34.9 Å². The lowest BCUT2D eigenvalue weighted by Gasteiger charge is -2.32. The van der Waals surface area contributed by atoms with E-state index in [0.29, 0.717) is 5.02 Å². The Balaban J connectivity index is 1.26. The highest BCUT2D eigenvalue weighted by atomic mass is 35.5. The number of hydrogen-bond acceptors (Lipinski definition) is 7. The van der Waals surface area contributed by atoms with Crippen LogP contribution in [0, 0.1) is 6.92 Å². The first-order chi connectivity index (χ1) is 14.2. The van der Waals surface area contributed by atoms with Crippen LogP contribution in [-0.2, 0) is 6.54 Å². The number of benzene rings is 1. The van der Waals surface area contributed by atoms with Crippen molar-refractivity contribution in [1.82, 2.24) is 14.9 Å². The molecule has 0 amide bonds. The third-order valence-electron chi connectivity index (χ3n) is 4.78. The van der Waals surface area contributed by atoms with Gasteiger partial charge in [0, 0.05) is 42.3 Å². The summed E-state index contributed by atoms with van der Waals surface area (Å²) < 4.78 is 9.41. The van der Waals surface area contributed by atoms with Crippen LogP contribution < -0.4 is 9.46 Å². The molecule has 8 heteroatoms. The van der Waals surface area contributed by atoms with Crippen molar-refractivity contribution in [3.05, 3.63) is 64.4 Å². The number of anilines is 1. The molecule has 0 saturated carbocycles. The number of pyridine rings is 1. The zero-order valence-electron chi connectivity index (χ0n) is 16.2. The first kappa shape index (κ1) is 20.5. The Morgan fingerprint density at radius 2 is 2.07 bits per heavy atom. The first-order valence-electron chi connectivity index (χ1n) is 9.58. The van der Waals surface area contributed by atoms with Gasteiger partial charge in [-0.2, -0.15) is 0 Å². The van der Waals surface area contributed by atoms with Gasteiger partial charge in [-0.1, -0.05) is 11.6 Å². The summed E-state index contributed by atoms with van der Waals surface area (Å²) in [5.41, 5.74) is 2.39. The van der Waals surface area contributed by atoms with Gasteiger partial charge in [0.1, 0.15) is 11.9 Å². The maximum atomic E-state index is 6.46. The van der Waals surface area contributed by atoms with Crippen LogP contribution in [0.4, 0.5) is 5.13 Å². The third kappa shape index (κ3) is 5.85. The maximum Gasteiger partial charge on any atom is 0.192 e. The summed E-state index contributed by atoms with van der Waals surface area (Å²) in [6.45, 7) is 5.01. The molecule has 4 rings (SSSR count). The molecule has 1 saturated heterocycles. The summed E-state index contributed by atoms with van der Waals surface area (Å²) in [6.07, 6.45) is 5.84. The number of piperidine rings is 1. The van der Waals surface area contributed by atoms with Gasteiger partial charge < -0.3 is 9.46 Å². The molecule has 2 aromatic heterocycles. The largest absolute Gasteiger partial charge is 0.489 e. The quantitative estimate of drug-likeness (QED) is 0.472. The molecule has 0 bridgehead atoms. The van der Waals surface area contributed by atoms with Crippen molar-refractivity contribution in [2.45, 2.75) is 37.3 Å². The van der Waals surface area contributed by atoms with Crippen molar-refractivity contribution in [3.8, 4) is 5.75 Å². The molecule has 5 nitrogen and oxygen atoms in total. The van der Waals surface area contributed by atoms with Gasteiger partial charge in [0.15, 0.2) is 5.13 Å². The molecule has 0 unspecified atom stereocenters. The van der Waals surface area contributed by atoms with Gasteiger partial charge in [-0.25, -0.2) is 4.98 Å². The Morgan fingerprint density at radius 1 is 1.21 bits per heavy atom. The average molecular weight is 447 g/mol. The van der Waals surface area contributed by atoms with E-state index in [1.54, 1.807) is 17.5 Å². The van der Waals surface area contributed by atoms with E-state index in [0.717, 1.165) is 53.9 Å². The minimum atomic E-state index is 0.196. The molecule has 0 spiro atoms. The summed E-state index contributed by atoms with van der Waals surface area (Å²) in [4.78, 5) is 12.1. The summed E-state index contributed by atoms with van der Waals surface area (Å²) in [5.74, 6) is 0.754. The minimum Gasteiger partial charge on any atom is -0.489 e. The van der Waals surface area contributed by atoms with Crippen molar-refractivity contribution in [1.29, 1.82) is 0 Å². The normalized spacial score (nSPS) is 15.4. The average Bonchev–Trinajstić information content (AvgIpc) is 3.23. The predicted octanol–water partition coefficient (Wildman–Crippen LogP) is 5.66. The lowest BCUT2D eigenvalue weighted by atomic mass is 10.1. The standard InChI is InChI=1S/C21H23ClN4OS2/c1-15-4-7-23-16(12-15)14-26-9-5-17(6-10-26)27-20-3-2-18(13-19(20)22)29-25-21-24-8-11-28-21/h2-4,7-8,11-13,17H,5-6,9-10,14H2,1H3,(H,24,25). The van der Waals surface area contributed by atoms with Crippen molar-refractivity contribution in [3.63, 3.8) is 0 Å². The van der Waals surface area contributed by atoms with Crippen LogP contribution in [0.15, 0.2) is 53.0 Å². The predicted molar refractivity (Wildman–Crippen MR) is 121 cm³/mol. The Bertz CT molecular complexity index is 930.